The summed E-state index contributed by atoms with van der Waals surface area (Å²) in [6.07, 6.45) is 4.71. The summed E-state index contributed by atoms with van der Waals surface area (Å²) >= 11 is 0. The molecule has 3 nitrogen and oxygen atoms in total. The standard InChI is InChI=1S/C12H26N2O/c1-3-12(4-2,11-15)13-7-10-14-8-5-6-9-14/h13,15H,3-11H2,1-2H3. The normalized spacial score (nSPS) is 18.6. The molecule has 1 rings (SSSR count). The molecule has 0 aromatic rings. The van der Waals surface area contributed by atoms with Gasteiger partial charge in [-0.2, -0.15) is 0 Å². The second-order valence-electron chi connectivity index (χ2n) is 4.62. The van der Waals surface area contributed by atoms with Crippen LogP contribution in [-0.2, 0) is 0 Å². The third-order valence-electron chi connectivity index (χ3n) is 3.78. The van der Waals surface area contributed by atoms with Crippen molar-refractivity contribution in [3.63, 3.8) is 0 Å². The summed E-state index contributed by atoms with van der Waals surface area (Å²) in [5.41, 5.74) is -0.0419. The van der Waals surface area contributed by atoms with Crippen LogP contribution in [0, 0.1) is 0 Å². The molecule has 1 heterocycles. The van der Waals surface area contributed by atoms with E-state index in [-0.39, 0.29) is 12.1 Å². The lowest BCUT2D eigenvalue weighted by Crippen LogP contribution is -2.49. The lowest BCUT2D eigenvalue weighted by Gasteiger charge is -2.31. The maximum atomic E-state index is 9.39. The van der Waals surface area contributed by atoms with Gasteiger partial charge in [0.05, 0.1) is 6.61 Å². The van der Waals surface area contributed by atoms with Crippen LogP contribution in [0.25, 0.3) is 0 Å². The van der Waals surface area contributed by atoms with E-state index >= 15 is 0 Å². The molecule has 0 radical (unpaired) electrons. The van der Waals surface area contributed by atoms with Crippen molar-refractivity contribution in [3.05, 3.63) is 0 Å². The highest BCUT2D eigenvalue weighted by Crippen LogP contribution is 2.14. The first-order chi connectivity index (χ1) is 7.26. The van der Waals surface area contributed by atoms with Crippen molar-refractivity contribution in [1.82, 2.24) is 10.2 Å². The Morgan fingerprint density at radius 3 is 2.27 bits per heavy atom. The van der Waals surface area contributed by atoms with E-state index in [1.54, 1.807) is 0 Å². The molecule has 0 spiro atoms. The van der Waals surface area contributed by atoms with Gasteiger partial charge in [0.2, 0.25) is 0 Å². The molecule has 0 atom stereocenters. The van der Waals surface area contributed by atoms with Crippen LogP contribution in [0.3, 0.4) is 0 Å². The molecule has 1 aliphatic heterocycles. The van der Waals surface area contributed by atoms with Crippen molar-refractivity contribution in [1.29, 1.82) is 0 Å². The molecule has 90 valence electrons. The largest absolute Gasteiger partial charge is 0.394 e. The van der Waals surface area contributed by atoms with Crippen LogP contribution in [0.5, 0.6) is 0 Å². The van der Waals surface area contributed by atoms with Crippen molar-refractivity contribution in [2.24, 2.45) is 0 Å². The summed E-state index contributed by atoms with van der Waals surface area (Å²) in [6.45, 7) is 9.17. The van der Waals surface area contributed by atoms with E-state index in [9.17, 15) is 5.11 Å². The van der Waals surface area contributed by atoms with Gasteiger partial charge < -0.3 is 15.3 Å². The van der Waals surface area contributed by atoms with Gasteiger partial charge in [0.25, 0.3) is 0 Å². The average molecular weight is 214 g/mol. The van der Waals surface area contributed by atoms with Crippen LogP contribution in [0.1, 0.15) is 39.5 Å². The van der Waals surface area contributed by atoms with E-state index in [2.05, 4.69) is 24.1 Å². The van der Waals surface area contributed by atoms with E-state index in [4.69, 9.17) is 0 Å². The summed E-state index contributed by atoms with van der Waals surface area (Å²) in [5.74, 6) is 0. The van der Waals surface area contributed by atoms with Gasteiger partial charge in [-0.05, 0) is 38.8 Å². The topological polar surface area (TPSA) is 35.5 Å². The fourth-order valence-corrected chi connectivity index (χ4v) is 2.26. The van der Waals surface area contributed by atoms with Crippen LogP contribution in [-0.4, -0.2) is 48.3 Å². The quantitative estimate of drug-likeness (QED) is 0.669. The zero-order valence-corrected chi connectivity index (χ0v) is 10.3. The van der Waals surface area contributed by atoms with E-state index in [0.717, 1.165) is 25.9 Å². The number of hydrogen-bond donors (Lipinski definition) is 2. The number of aliphatic hydroxyl groups excluding tert-OH is 1. The van der Waals surface area contributed by atoms with Gasteiger partial charge in [0, 0.05) is 18.6 Å². The molecule has 0 aromatic carbocycles. The van der Waals surface area contributed by atoms with E-state index in [1.807, 2.05) is 0 Å². The predicted octanol–water partition coefficient (Wildman–Crippen LogP) is 1.22. The van der Waals surface area contributed by atoms with Crippen molar-refractivity contribution in [2.45, 2.75) is 45.1 Å². The molecule has 3 heteroatoms. The van der Waals surface area contributed by atoms with Gasteiger partial charge in [0.1, 0.15) is 0 Å². The van der Waals surface area contributed by atoms with Crippen LogP contribution < -0.4 is 5.32 Å². The number of aliphatic hydroxyl groups is 1. The first kappa shape index (κ1) is 12.9. The van der Waals surface area contributed by atoms with Crippen molar-refractivity contribution in [2.75, 3.05) is 32.8 Å². The van der Waals surface area contributed by atoms with Gasteiger partial charge in [0.15, 0.2) is 0 Å². The Balaban J connectivity index is 2.21. The molecule has 0 unspecified atom stereocenters. The molecule has 1 saturated heterocycles. The monoisotopic (exact) mass is 214 g/mol. The molecular weight excluding hydrogens is 188 g/mol. The van der Waals surface area contributed by atoms with Gasteiger partial charge >= 0.3 is 0 Å². The number of hydrogen-bond acceptors (Lipinski definition) is 3. The van der Waals surface area contributed by atoms with Gasteiger partial charge in [-0.25, -0.2) is 0 Å². The van der Waals surface area contributed by atoms with Gasteiger partial charge in [-0.3, -0.25) is 0 Å². The van der Waals surface area contributed by atoms with Crippen molar-refractivity contribution in [3.8, 4) is 0 Å². The highest BCUT2D eigenvalue weighted by Gasteiger charge is 2.24. The van der Waals surface area contributed by atoms with E-state index in [0.29, 0.717) is 0 Å². The molecule has 0 bridgehead atoms. The molecule has 2 N–H and O–H groups in total. The minimum atomic E-state index is -0.0419. The first-order valence-corrected chi connectivity index (χ1v) is 6.34. The number of likely N-dealkylation sites (tertiary alicyclic amines) is 1. The smallest absolute Gasteiger partial charge is 0.0613 e. The highest BCUT2D eigenvalue weighted by atomic mass is 16.3. The maximum Gasteiger partial charge on any atom is 0.0613 e. The lowest BCUT2D eigenvalue weighted by atomic mass is 9.94. The zero-order valence-electron chi connectivity index (χ0n) is 10.3. The number of rotatable bonds is 7. The lowest BCUT2D eigenvalue weighted by molar-refractivity contribution is 0.147. The third-order valence-corrected chi connectivity index (χ3v) is 3.78. The Kier molecular flexibility index (Phi) is 5.58. The Morgan fingerprint density at radius 2 is 1.80 bits per heavy atom. The number of nitrogens with zero attached hydrogens (tertiary/aromatic N) is 1. The van der Waals surface area contributed by atoms with Crippen LogP contribution >= 0.6 is 0 Å². The third kappa shape index (κ3) is 3.74. The second kappa shape index (κ2) is 6.46. The maximum absolute atomic E-state index is 9.39. The summed E-state index contributed by atoms with van der Waals surface area (Å²) in [4.78, 5) is 2.50. The molecule has 1 aliphatic rings. The van der Waals surface area contributed by atoms with Crippen LogP contribution in [0.15, 0.2) is 0 Å². The number of nitrogens with one attached hydrogen (secondary N) is 1. The summed E-state index contributed by atoms with van der Waals surface area (Å²) in [5, 5.41) is 12.9. The summed E-state index contributed by atoms with van der Waals surface area (Å²) in [7, 11) is 0. The van der Waals surface area contributed by atoms with Crippen molar-refractivity contribution < 1.29 is 5.11 Å². The van der Waals surface area contributed by atoms with Crippen LogP contribution in [0.2, 0.25) is 0 Å². The zero-order chi connectivity index (χ0) is 11.1. The molecule has 0 saturated carbocycles. The first-order valence-electron chi connectivity index (χ1n) is 6.34. The Hall–Kier alpha value is -0.120. The predicted molar refractivity (Wildman–Crippen MR) is 64.1 cm³/mol. The molecule has 0 aliphatic carbocycles. The average Bonchev–Trinajstić information content (AvgIpc) is 2.78. The fraction of sp³-hybridized carbons (Fsp3) is 1.00. The molecule has 0 aromatic heterocycles. The minimum Gasteiger partial charge on any atom is -0.394 e. The summed E-state index contributed by atoms with van der Waals surface area (Å²) in [6, 6.07) is 0. The SMILES string of the molecule is CCC(CC)(CO)NCCN1CCCC1. The Morgan fingerprint density at radius 1 is 1.20 bits per heavy atom. The molecule has 1 fully saturated rings. The van der Waals surface area contributed by atoms with E-state index in [1.165, 1.54) is 25.9 Å². The van der Waals surface area contributed by atoms with Crippen LogP contribution in [0.4, 0.5) is 0 Å². The highest BCUT2D eigenvalue weighted by molar-refractivity contribution is 4.85. The molecular formula is C12H26N2O. The van der Waals surface area contributed by atoms with Crippen molar-refractivity contribution >= 4 is 0 Å². The van der Waals surface area contributed by atoms with E-state index < -0.39 is 0 Å². The molecule has 15 heavy (non-hydrogen) atoms. The Labute approximate surface area is 93.9 Å². The summed E-state index contributed by atoms with van der Waals surface area (Å²) < 4.78 is 0. The second-order valence-corrected chi connectivity index (χ2v) is 4.62. The van der Waals surface area contributed by atoms with Gasteiger partial charge in [-0.15, -0.1) is 0 Å². The molecule has 0 amide bonds. The minimum absolute atomic E-state index is 0.0419. The van der Waals surface area contributed by atoms with Gasteiger partial charge in [-0.1, -0.05) is 13.8 Å². The Bertz CT molecular complexity index is 155. The fourth-order valence-electron chi connectivity index (χ4n) is 2.26.